The number of benzene rings is 2. The molecule has 1 fully saturated rings. The van der Waals surface area contributed by atoms with Crippen LogP contribution in [0.1, 0.15) is 12.8 Å². The van der Waals surface area contributed by atoms with E-state index in [0.717, 1.165) is 9.80 Å². The lowest BCUT2D eigenvalue weighted by atomic mass is 10.2. The minimum absolute atomic E-state index is 0.0459. The van der Waals surface area contributed by atoms with Crippen LogP contribution >= 0.6 is 23.2 Å². The number of amides is 4. The van der Waals surface area contributed by atoms with Crippen molar-refractivity contribution in [2.24, 2.45) is 0 Å². The number of halogens is 2. The lowest BCUT2D eigenvalue weighted by molar-refractivity contribution is -0.139. The van der Waals surface area contributed by atoms with Crippen LogP contribution in [0.15, 0.2) is 46.9 Å². The van der Waals surface area contributed by atoms with Crippen LogP contribution in [0, 0.1) is 0 Å². The third kappa shape index (κ3) is 3.85. The average molecular weight is 461 g/mol. The minimum atomic E-state index is -1.01. The molecule has 0 spiro atoms. The second kappa shape index (κ2) is 8.37. The van der Waals surface area contributed by atoms with Gasteiger partial charge in [-0.15, -0.1) is 10.2 Å². The smallest absolute Gasteiger partial charge is 0.339 e. The molecule has 0 radical (unpaired) electrons. The molecule has 1 saturated heterocycles. The fourth-order valence-electron chi connectivity index (χ4n) is 3.00. The van der Waals surface area contributed by atoms with Gasteiger partial charge in [0.25, 0.3) is 0 Å². The van der Waals surface area contributed by atoms with Crippen LogP contribution in [-0.2, 0) is 16.1 Å². The number of urea groups is 1. The molecular weight excluding hydrogens is 447 g/mol. The standard InChI is InChI=1S/C20H14Cl2N4O5/c1-2-30-15-6-4-3-5-14(15)26-19(28)18(27)25(20(26)29)10-16-23-24-17(31-16)12-8-7-11(21)9-13(12)22/h3-9H,2,10H2,1H3. The molecule has 4 amide bonds. The van der Waals surface area contributed by atoms with Crippen molar-refractivity contribution in [1.29, 1.82) is 0 Å². The van der Waals surface area contributed by atoms with Gasteiger partial charge in [-0.05, 0) is 37.3 Å². The van der Waals surface area contributed by atoms with E-state index in [9.17, 15) is 14.4 Å². The zero-order valence-corrected chi connectivity index (χ0v) is 17.6. The van der Waals surface area contributed by atoms with Gasteiger partial charge in [-0.1, -0.05) is 35.3 Å². The molecule has 3 aromatic rings. The van der Waals surface area contributed by atoms with Crippen LogP contribution in [0.4, 0.5) is 10.5 Å². The van der Waals surface area contributed by atoms with E-state index in [1.54, 1.807) is 37.3 Å². The molecule has 0 aliphatic carbocycles. The summed E-state index contributed by atoms with van der Waals surface area (Å²) in [5.41, 5.74) is 0.613. The van der Waals surface area contributed by atoms with Gasteiger partial charge in [0, 0.05) is 5.02 Å². The maximum absolute atomic E-state index is 12.9. The number of carbonyl (C=O) groups excluding carboxylic acids is 3. The molecule has 9 nitrogen and oxygen atoms in total. The molecule has 1 aromatic heterocycles. The first-order valence-electron chi connectivity index (χ1n) is 9.10. The van der Waals surface area contributed by atoms with E-state index in [4.69, 9.17) is 32.4 Å². The highest BCUT2D eigenvalue weighted by atomic mass is 35.5. The Morgan fingerprint density at radius 3 is 2.55 bits per heavy atom. The molecular formula is C20H14Cl2N4O5. The Morgan fingerprint density at radius 1 is 1.03 bits per heavy atom. The van der Waals surface area contributed by atoms with Crippen LogP contribution < -0.4 is 9.64 Å². The molecule has 1 aliphatic rings. The second-order valence-electron chi connectivity index (χ2n) is 6.34. The Hall–Kier alpha value is -3.43. The van der Waals surface area contributed by atoms with Gasteiger partial charge in [-0.2, -0.15) is 0 Å². The SMILES string of the molecule is CCOc1ccccc1N1C(=O)C(=O)N(Cc2nnc(-c3ccc(Cl)cc3Cl)o2)C1=O. The Bertz CT molecular complexity index is 1200. The maximum Gasteiger partial charge on any atom is 0.339 e. The van der Waals surface area contributed by atoms with E-state index >= 15 is 0 Å². The first-order chi connectivity index (χ1) is 14.9. The number of imide groups is 2. The Labute approximate surface area is 186 Å². The highest BCUT2D eigenvalue weighted by Gasteiger charge is 2.47. The summed E-state index contributed by atoms with van der Waals surface area (Å²) in [7, 11) is 0. The fraction of sp³-hybridized carbons (Fsp3) is 0.150. The molecule has 11 heteroatoms. The van der Waals surface area contributed by atoms with Crippen LogP contribution in [0.5, 0.6) is 5.75 Å². The predicted molar refractivity (Wildman–Crippen MR) is 111 cm³/mol. The van der Waals surface area contributed by atoms with Gasteiger partial charge >= 0.3 is 17.8 Å². The third-order valence-electron chi connectivity index (χ3n) is 4.38. The Morgan fingerprint density at radius 2 is 1.81 bits per heavy atom. The van der Waals surface area contributed by atoms with Gasteiger partial charge in [0.1, 0.15) is 12.3 Å². The molecule has 1 aliphatic heterocycles. The molecule has 0 unspecified atom stereocenters. The van der Waals surface area contributed by atoms with E-state index in [0.29, 0.717) is 28.0 Å². The number of nitrogens with zero attached hydrogens (tertiary/aromatic N) is 4. The summed E-state index contributed by atoms with van der Waals surface area (Å²) in [5.74, 6) is -1.67. The Balaban J connectivity index is 1.59. The first-order valence-corrected chi connectivity index (χ1v) is 9.85. The van der Waals surface area contributed by atoms with Crippen molar-refractivity contribution in [1.82, 2.24) is 15.1 Å². The van der Waals surface area contributed by atoms with E-state index < -0.39 is 17.8 Å². The quantitative estimate of drug-likeness (QED) is 0.405. The highest BCUT2D eigenvalue weighted by Crippen LogP contribution is 2.33. The van der Waals surface area contributed by atoms with E-state index in [2.05, 4.69) is 10.2 Å². The number of hydrogen-bond acceptors (Lipinski definition) is 7. The number of hydrogen-bond donors (Lipinski definition) is 0. The molecule has 31 heavy (non-hydrogen) atoms. The third-order valence-corrected chi connectivity index (χ3v) is 4.93. The molecule has 0 atom stereocenters. The number of ether oxygens (including phenoxy) is 1. The number of para-hydroxylation sites is 2. The van der Waals surface area contributed by atoms with Gasteiger partial charge < -0.3 is 9.15 Å². The second-order valence-corrected chi connectivity index (χ2v) is 7.18. The summed E-state index contributed by atoms with van der Waals surface area (Å²) >= 11 is 12.0. The number of aromatic nitrogens is 2. The molecule has 4 rings (SSSR count). The van der Waals surface area contributed by atoms with Gasteiger partial charge in [-0.25, -0.2) is 14.6 Å². The van der Waals surface area contributed by atoms with E-state index in [1.807, 2.05) is 0 Å². The zero-order valence-electron chi connectivity index (χ0n) is 16.0. The van der Waals surface area contributed by atoms with Crippen molar-refractivity contribution >= 4 is 46.7 Å². The summed E-state index contributed by atoms with van der Waals surface area (Å²) in [6.45, 7) is 1.71. The lowest BCUT2D eigenvalue weighted by Crippen LogP contribution is -2.33. The lowest BCUT2D eigenvalue weighted by Gasteiger charge is -2.17. The molecule has 0 N–H and O–H groups in total. The van der Waals surface area contributed by atoms with E-state index in [-0.39, 0.29) is 24.0 Å². The zero-order chi connectivity index (χ0) is 22.1. The summed E-state index contributed by atoms with van der Waals surface area (Å²) < 4.78 is 11.0. The molecule has 0 bridgehead atoms. The normalized spacial score (nSPS) is 14.0. The minimum Gasteiger partial charge on any atom is -0.492 e. The predicted octanol–water partition coefficient (Wildman–Crippen LogP) is 3.94. The molecule has 2 heterocycles. The number of anilines is 1. The summed E-state index contributed by atoms with van der Waals surface area (Å²) in [6, 6.07) is 10.3. The van der Waals surface area contributed by atoms with Crippen molar-refractivity contribution < 1.29 is 23.5 Å². The highest BCUT2D eigenvalue weighted by molar-refractivity contribution is 6.52. The van der Waals surface area contributed by atoms with Crippen LogP contribution in [0.3, 0.4) is 0 Å². The largest absolute Gasteiger partial charge is 0.492 e. The van der Waals surface area contributed by atoms with Gasteiger partial charge in [0.2, 0.25) is 11.8 Å². The van der Waals surface area contributed by atoms with Gasteiger partial charge in [0.15, 0.2) is 0 Å². The van der Waals surface area contributed by atoms with Crippen molar-refractivity contribution in [2.75, 3.05) is 11.5 Å². The molecule has 158 valence electrons. The number of rotatable bonds is 6. The maximum atomic E-state index is 12.9. The van der Waals surface area contributed by atoms with Crippen LogP contribution in [0.2, 0.25) is 10.0 Å². The first kappa shape index (κ1) is 20.8. The van der Waals surface area contributed by atoms with Crippen LogP contribution in [-0.4, -0.2) is 39.5 Å². The average Bonchev–Trinajstić information content (AvgIpc) is 3.28. The molecule has 2 aromatic carbocycles. The summed E-state index contributed by atoms with van der Waals surface area (Å²) in [4.78, 5) is 39.4. The monoisotopic (exact) mass is 460 g/mol. The van der Waals surface area contributed by atoms with Crippen LogP contribution in [0.25, 0.3) is 11.5 Å². The van der Waals surface area contributed by atoms with Gasteiger partial charge in [-0.3, -0.25) is 9.59 Å². The Kier molecular flexibility index (Phi) is 5.62. The summed E-state index contributed by atoms with van der Waals surface area (Å²) in [5, 5.41) is 8.48. The van der Waals surface area contributed by atoms with Crippen molar-refractivity contribution in [3.8, 4) is 17.2 Å². The molecule has 0 saturated carbocycles. The van der Waals surface area contributed by atoms with Crippen molar-refractivity contribution in [3.05, 3.63) is 58.4 Å². The number of carbonyl (C=O) groups is 3. The topological polar surface area (TPSA) is 106 Å². The van der Waals surface area contributed by atoms with E-state index in [1.165, 1.54) is 12.1 Å². The summed E-state index contributed by atoms with van der Waals surface area (Å²) in [6.07, 6.45) is 0. The fourth-order valence-corrected chi connectivity index (χ4v) is 3.49. The van der Waals surface area contributed by atoms with Crippen molar-refractivity contribution in [2.45, 2.75) is 13.5 Å². The van der Waals surface area contributed by atoms with Gasteiger partial charge in [0.05, 0.1) is 22.9 Å². The van der Waals surface area contributed by atoms with Crippen molar-refractivity contribution in [3.63, 3.8) is 0 Å².